The molecule has 92 valence electrons. The minimum absolute atomic E-state index is 0.281. The molecule has 2 heteroatoms. The van der Waals surface area contributed by atoms with Crippen molar-refractivity contribution in [3.8, 4) is 0 Å². The zero-order valence-corrected chi connectivity index (χ0v) is 10.8. The van der Waals surface area contributed by atoms with E-state index < -0.39 is 0 Å². The van der Waals surface area contributed by atoms with E-state index in [1.54, 1.807) is 0 Å². The topological polar surface area (TPSA) is 23.5 Å². The van der Waals surface area contributed by atoms with Crippen molar-refractivity contribution in [2.24, 2.45) is 5.92 Å². The van der Waals surface area contributed by atoms with Gasteiger partial charge in [0.2, 0.25) is 0 Å². The number of likely N-dealkylation sites (N-methyl/N-ethyl adjacent to an activating group) is 1. The van der Waals surface area contributed by atoms with E-state index in [-0.39, 0.29) is 6.61 Å². The summed E-state index contributed by atoms with van der Waals surface area (Å²) >= 11 is 0. The minimum atomic E-state index is 0.281. The van der Waals surface area contributed by atoms with Gasteiger partial charge in [0.1, 0.15) is 0 Å². The maximum Gasteiger partial charge on any atom is 0.0558 e. The summed E-state index contributed by atoms with van der Waals surface area (Å²) in [6.45, 7) is 6.76. The summed E-state index contributed by atoms with van der Waals surface area (Å²) in [6.07, 6.45) is 8.08. The third-order valence-electron chi connectivity index (χ3n) is 3.09. The molecule has 0 aliphatic rings. The zero-order chi connectivity index (χ0) is 11.5. The molecular formula is C13H29NO. The van der Waals surface area contributed by atoms with Gasteiger partial charge < -0.3 is 10.0 Å². The van der Waals surface area contributed by atoms with E-state index in [0.717, 1.165) is 19.0 Å². The van der Waals surface area contributed by atoms with Crippen molar-refractivity contribution >= 4 is 0 Å². The van der Waals surface area contributed by atoms with Crippen LogP contribution < -0.4 is 0 Å². The fourth-order valence-electron chi connectivity index (χ4n) is 1.99. The van der Waals surface area contributed by atoms with Crippen LogP contribution in [0.4, 0.5) is 0 Å². The maximum absolute atomic E-state index is 8.83. The summed E-state index contributed by atoms with van der Waals surface area (Å²) in [5, 5.41) is 8.83. The molecule has 0 saturated heterocycles. The summed E-state index contributed by atoms with van der Waals surface area (Å²) in [7, 11) is 2.10. The van der Waals surface area contributed by atoms with Crippen molar-refractivity contribution in [2.45, 2.75) is 52.4 Å². The Kier molecular flexibility index (Phi) is 10.4. The molecule has 0 aromatic heterocycles. The maximum atomic E-state index is 8.83. The van der Waals surface area contributed by atoms with Gasteiger partial charge in [-0.15, -0.1) is 0 Å². The molecule has 1 atom stereocenters. The number of hydrogen-bond donors (Lipinski definition) is 1. The molecule has 1 unspecified atom stereocenters. The molecule has 0 radical (unpaired) electrons. The molecule has 0 fully saturated rings. The lowest BCUT2D eigenvalue weighted by Gasteiger charge is -2.22. The molecule has 0 heterocycles. The van der Waals surface area contributed by atoms with Gasteiger partial charge in [0.05, 0.1) is 6.61 Å². The second kappa shape index (κ2) is 10.4. The van der Waals surface area contributed by atoms with Gasteiger partial charge in [0.15, 0.2) is 0 Å². The molecule has 0 aliphatic carbocycles. The number of aliphatic hydroxyl groups is 1. The third kappa shape index (κ3) is 8.88. The highest BCUT2D eigenvalue weighted by molar-refractivity contribution is 4.62. The van der Waals surface area contributed by atoms with Crippen molar-refractivity contribution in [2.75, 3.05) is 26.7 Å². The Hall–Kier alpha value is -0.0800. The van der Waals surface area contributed by atoms with E-state index >= 15 is 0 Å². The van der Waals surface area contributed by atoms with E-state index in [9.17, 15) is 0 Å². The first kappa shape index (κ1) is 14.9. The molecule has 0 saturated carbocycles. The molecule has 0 spiro atoms. The largest absolute Gasteiger partial charge is 0.395 e. The van der Waals surface area contributed by atoms with E-state index in [1.807, 2.05) is 0 Å². The summed E-state index contributed by atoms with van der Waals surface area (Å²) in [4.78, 5) is 2.24. The molecule has 0 aromatic rings. The molecule has 0 amide bonds. The smallest absolute Gasteiger partial charge is 0.0558 e. The highest BCUT2D eigenvalue weighted by Gasteiger charge is 2.08. The van der Waals surface area contributed by atoms with Crippen LogP contribution in [0.5, 0.6) is 0 Å². The van der Waals surface area contributed by atoms with Gasteiger partial charge in [0, 0.05) is 13.1 Å². The van der Waals surface area contributed by atoms with Gasteiger partial charge in [0.25, 0.3) is 0 Å². The van der Waals surface area contributed by atoms with Crippen LogP contribution >= 0.6 is 0 Å². The fraction of sp³-hybridized carbons (Fsp3) is 1.00. The molecular weight excluding hydrogens is 186 g/mol. The highest BCUT2D eigenvalue weighted by Crippen LogP contribution is 2.15. The summed E-state index contributed by atoms with van der Waals surface area (Å²) < 4.78 is 0. The lowest BCUT2D eigenvalue weighted by molar-refractivity contribution is 0.196. The van der Waals surface area contributed by atoms with Gasteiger partial charge in [-0.05, 0) is 19.4 Å². The predicted octanol–water partition coefficient (Wildman–Crippen LogP) is 2.91. The summed E-state index contributed by atoms with van der Waals surface area (Å²) in [5.74, 6) is 0.818. The first-order chi connectivity index (χ1) is 7.24. The monoisotopic (exact) mass is 215 g/mol. The van der Waals surface area contributed by atoms with Crippen LogP contribution in [0.15, 0.2) is 0 Å². The zero-order valence-electron chi connectivity index (χ0n) is 10.8. The number of hydrogen-bond acceptors (Lipinski definition) is 2. The molecule has 0 aromatic carbocycles. The minimum Gasteiger partial charge on any atom is -0.395 e. The van der Waals surface area contributed by atoms with Gasteiger partial charge in [-0.2, -0.15) is 0 Å². The first-order valence-electron chi connectivity index (χ1n) is 6.53. The number of rotatable bonds is 10. The van der Waals surface area contributed by atoms with E-state index in [2.05, 4.69) is 25.8 Å². The van der Waals surface area contributed by atoms with Crippen molar-refractivity contribution in [3.05, 3.63) is 0 Å². The molecule has 0 aliphatic heterocycles. The van der Waals surface area contributed by atoms with Crippen LogP contribution in [0, 0.1) is 5.92 Å². The average Bonchev–Trinajstić information content (AvgIpc) is 2.23. The Labute approximate surface area is 95.7 Å². The van der Waals surface area contributed by atoms with Crippen LogP contribution in [0.2, 0.25) is 0 Å². The fourth-order valence-corrected chi connectivity index (χ4v) is 1.99. The van der Waals surface area contributed by atoms with Crippen LogP contribution in [0.3, 0.4) is 0 Å². The van der Waals surface area contributed by atoms with Crippen LogP contribution in [-0.2, 0) is 0 Å². The summed E-state index contributed by atoms with van der Waals surface area (Å²) in [5.41, 5.74) is 0. The Balaban J connectivity index is 3.53. The van der Waals surface area contributed by atoms with E-state index in [1.165, 1.54) is 38.5 Å². The van der Waals surface area contributed by atoms with Crippen molar-refractivity contribution < 1.29 is 5.11 Å². The lowest BCUT2D eigenvalue weighted by Crippen LogP contribution is -2.28. The Morgan fingerprint density at radius 1 is 1.13 bits per heavy atom. The third-order valence-corrected chi connectivity index (χ3v) is 3.09. The van der Waals surface area contributed by atoms with Crippen LogP contribution in [0.1, 0.15) is 52.4 Å². The highest BCUT2D eigenvalue weighted by atomic mass is 16.3. The van der Waals surface area contributed by atoms with Gasteiger partial charge >= 0.3 is 0 Å². The number of aliphatic hydroxyl groups excluding tert-OH is 1. The second-order valence-electron chi connectivity index (χ2n) is 4.61. The molecule has 0 rings (SSSR count). The molecule has 15 heavy (non-hydrogen) atoms. The standard InChI is InChI=1S/C13H29NO/c1-4-6-7-8-9-13(5-2)12-14(3)10-11-15/h13,15H,4-12H2,1-3H3. The molecule has 1 N–H and O–H groups in total. The Bertz CT molecular complexity index is 128. The van der Waals surface area contributed by atoms with E-state index in [0.29, 0.717) is 0 Å². The van der Waals surface area contributed by atoms with Gasteiger partial charge in [-0.1, -0.05) is 46.0 Å². The lowest BCUT2D eigenvalue weighted by atomic mass is 9.98. The second-order valence-corrected chi connectivity index (χ2v) is 4.61. The summed E-state index contributed by atoms with van der Waals surface area (Å²) in [6, 6.07) is 0. The Morgan fingerprint density at radius 3 is 2.40 bits per heavy atom. The Morgan fingerprint density at radius 2 is 1.87 bits per heavy atom. The molecule has 0 bridgehead atoms. The van der Waals surface area contributed by atoms with Crippen LogP contribution in [0.25, 0.3) is 0 Å². The van der Waals surface area contributed by atoms with Crippen molar-refractivity contribution in [3.63, 3.8) is 0 Å². The number of unbranched alkanes of at least 4 members (excludes halogenated alkanes) is 3. The quantitative estimate of drug-likeness (QED) is 0.566. The normalized spacial score (nSPS) is 13.4. The van der Waals surface area contributed by atoms with Gasteiger partial charge in [-0.3, -0.25) is 0 Å². The van der Waals surface area contributed by atoms with Gasteiger partial charge in [-0.25, -0.2) is 0 Å². The van der Waals surface area contributed by atoms with Crippen molar-refractivity contribution in [1.82, 2.24) is 4.90 Å². The SMILES string of the molecule is CCCCCCC(CC)CN(C)CCO. The first-order valence-corrected chi connectivity index (χ1v) is 6.53. The van der Waals surface area contributed by atoms with Crippen LogP contribution in [-0.4, -0.2) is 36.8 Å². The molecule has 2 nitrogen and oxygen atoms in total. The van der Waals surface area contributed by atoms with Crippen molar-refractivity contribution in [1.29, 1.82) is 0 Å². The average molecular weight is 215 g/mol. The predicted molar refractivity (Wildman–Crippen MR) is 67.1 cm³/mol. The van der Waals surface area contributed by atoms with E-state index in [4.69, 9.17) is 5.11 Å². The number of nitrogens with zero attached hydrogens (tertiary/aromatic N) is 1.